The van der Waals surface area contributed by atoms with E-state index in [1.807, 2.05) is 11.0 Å². The first-order chi connectivity index (χ1) is 28.2. The number of halogens is 8. The fourth-order valence-corrected chi connectivity index (χ4v) is 7.40. The monoisotopic (exact) mass is 854 g/mol. The Labute approximate surface area is 335 Å². The van der Waals surface area contributed by atoms with Crippen LogP contribution in [0.3, 0.4) is 0 Å². The molecule has 4 aromatic rings. The fraction of sp³-hybridized carbons (Fsp3) is 0.421. The number of aryl methyl sites for hydroxylation is 1. The highest BCUT2D eigenvalue weighted by molar-refractivity contribution is 6.01. The Kier molecular flexibility index (Phi) is 12.6. The molecule has 1 aromatic carbocycles. The molecule has 14 nitrogen and oxygen atoms in total. The third kappa shape index (κ3) is 10.4. The van der Waals surface area contributed by atoms with E-state index in [9.17, 15) is 40.7 Å². The quantitative estimate of drug-likeness (QED) is 0.165. The van der Waals surface area contributed by atoms with Crippen LogP contribution in [-0.4, -0.2) is 117 Å². The molecule has 60 heavy (non-hydrogen) atoms. The number of nitrogens with one attached hydrogen (secondary N) is 2. The number of ether oxygens (including phenoxy) is 1. The SMILES string of the molecule is Cn1cc(-c2ccc(CN3CCC(N4CCN(c5ccc(NC6CCC(=O)NC6=O)nc5)CC4)C(F)(F)C3)c(OC(F)(F)F)c2)c2ccncc2c1=O.O=C(O)C(F)(F)F. The summed E-state index contributed by atoms with van der Waals surface area (Å²) in [5.74, 6) is -6.60. The topological polar surface area (TPSA) is 162 Å². The van der Waals surface area contributed by atoms with E-state index in [1.54, 1.807) is 29.3 Å². The van der Waals surface area contributed by atoms with Crippen LogP contribution < -0.4 is 25.8 Å². The molecule has 0 radical (unpaired) electrons. The van der Waals surface area contributed by atoms with Crippen molar-refractivity contribution < 1.29 is 59.4 Å². The summed E-state index contributed by atoms with van der Waals surface area (Å²) in [4.78, 5) is 58.7. The first-order valence-corrected chi connectivity index (χ1v) is 18.5. The number of likely N-dealkylation sites (tertiary alicyclic amines) is 1. The second-order valence-electron chi connectivity index (χ2n) is 14.4. The van der Waals surface area contributed by atoms with E-state index in [0.29, 0.717) is 60.3 Å². The van der Waals surface area contributed by atoms with Crippen molar-refractivity contribution in [1.29, 1.82) is 0 Å². The molecule has 0 bridgehead atoms. The van der Waals surface area contributed by atoms with Crippen molar-refractivity contribution in [3.63, 3.8) is 0 Å². The first-order valence-electron chi connectivity index (χ1n) is 18.5. The number of carbonyl (C=O) groups excluding carboxylic acids is 2. The van der Waals surface area contributed by atoms with Gasteiger partial charge in [0.15, 0.2) is 0 Å². The molecule has 6 heterocycles. The van der Waals surface area contributed by atoms with Gasteiger partial charge in [0.1, 0.15) is 17.6 Å². The van der Waals surface area contributed by atoms with Crippen molar-refractivity contribution in [3.8, 4) is 16.9 Å². The van der Waals surface area contributed by atoms with E-state index in [4.69, 9.17) is 9.90 Å². The summed E-state index contributed by atoms with van der Waals surface area (Å²) < 4.78 is 110. The van der Waals surface area contributed by atoms with Gasteiger partial charge in [0.25, 0.3) is 11.5 Å². The zero-order valence-corrected chi connectivity index (χ0v) is 31.7. The number of carboxylic acid groups (broad SMARTS) is 1. The molecule has 2 amide bonds. The van der Waals surface area contributed by atoms with E-state index < -0.39 is 54.7 Å². The zero-order chi connectivity index (χ0) is 43.6. The number of aliphatic carboxylic acids is 1. The van der Waals surface area contributed by atoms with Gasteiger partial charge in [-0.3, -0.25) is 34.5 Å². The van der Waals surface area contributed by atoms with E-state index in [2.05, 4.69) is 25.3 Å². The Balaban J connectivity index is 0.000000793. The summed E-state index contributed by atoms with van der Waals surface area (Å²) in [6, 6.07) is 7.87. The third-order valence-corrected chi connectivity index (χ3v) is 10.3. The normalized spacial score (nSPS) is 20.2. The molecule has 22 heteroatoms. The van der Waals surface area contributed by atoms with Crippen molar-refractivity contribution >= 4 is 40.1 Å². The van der Waals surface area contributed by atoms with Crippen LogP contribution in [-0.2, 0) is 28.0 Å². The van der Waals surface area contributed by atoms with Gasteiger partial charge in [0.05, 0.1) is 29.9 Å². The van der Waals surface area contributed by atoms with E-state index in [1.165, 1.54) is 47.2 Å². The third-order valence-electron chi connectivity index (χ3n) is 10.3. The van der Waals surface area contributed by atoms with Crippen molar-refractivity contribution in [3.05, 3.63) is 77.1 Å². The zero-order valence-electron chi connectivity index (χ0n) is 31.7. The van der Waals surface area contributed by atoms with E-state index >= 15 is 8.78 Å². The number of nitrogens with zero attached hydrogens (tertiary/aromatic N) is 6. The highest BCUT2D eigenvalue weighted by Crippen LogP contribution is 2.37. The molecule has 3 fully saturated rings. The number of hydrogen-bond acceptors (Lipinski definition) is 11. The Hall–Kier alpha value is -5.90. The summed E-state index contributed by atoms with van der Waals surface area (Å²) >= 11 is 0. The number of rotatable bonds is 8. The standard InChI is InChI=1S/C36H37F5N8O4.C2HF3O2/c1-46-20-27(25-8-10-42-18-26(25)34(46)52)22-2-3-23(29(16-22)53-36(39,40)41)19-47-11-9-30(35(37,38)21-47)49-14-12-48(13-15-49)24-4-6-31(43-17-24)44-28-5-7-32(50)45-33(28)51;3-2(4,5)1(6)7/h2-4,6,8,10,16-18,20,28,30H,5,7,9,11-15,19,21H2,1H3,(H,43,44)(H,45,50,51);(H,6,7). The number of fused-ring (bicyclic) bond motifs is 1. The first kappa shape index (κ1) is 43.7. The molecular weight excluding hydrogens is 816 g/mol. The van der Waals surface area contributed by atoms with Crippen LogP contribution >= 0.6 is 0 Å². The van der Waals surface area contributed by atoms with Crippen LogP contribution in [0.15, 0.2) is 66.0 Å². The number of piperidine rings is 2. The molecule has 3 N–H and O–H groups in total. The smallest absolute Gasteiger partial charge is 0.475 e. The van der Waals surface area contributed by atoms with Gasteiger partial charge in [-0.2, -0.15) is 13.2 Å². The largest absolute Gasteiger partial charge is 0.573 e. The van der Waals surface area contributed by atoms with Gasteiger partial charge in [-0.15, -0.1) is 13.2 Å². The molecular formula is C38H38F8N8O6. The number of anilines is 2. The van der Waals surface area contributed by atoms with Crippen LogP contribution in [0.2, 0.25) is 0 Å². The summed E-state index contributed by atoms with van der Waals surface area (Å²) in [5.41, 5.74) is 1.46. The van der Waals surface area contributed by atoms with Crippen molar-refractivity contribution in [2.75, 3.05) is 49.5 Å². The lowest BCUT2D eigenvalue weighted by Crippen LogP contribution is -2.61. The highest BCUT2D eigenvalue weighted by Gasteiger charge is 2.48. The molecule has 3 saturated heterocycles. The molecule has 322 valence electrons. The van der Waals surface area contributed by atoms with Crippen LogP contribution in [0.4, 0.5) is 46.6 Å². The van der Waals surface area contributed by atoms with E-state index in [-0.39, 0.29) is 43.0 Å². The van der Waals surface area contributed by atoms with Crippen molar-refractivity contribution in [2.24, 2.45) is 7.05 Å². The minimum atomic E-state index is -5.08. The van der Waals surface area contributed by atoms with Gasteiger partial charge in [-0.25, -0.2) is 18.6 Å². The molecule has 2 atom stereocenters. The fourth-order valence-electron chi connectivity index (χ4n) is 7.40. The minimum absolute atomic E-state index is 0.108. The summed E-state index contributed by atoms with van der Waals surface area (Å²) in [6.07, 6.45) is -3.30. The van der Waals surface area contributed by atoms with Crippen molar-refractivity contribution in [2.45, 2.75) is 56.4 Å². The summed E-state index contributed by atoms with van der Waals surface area (Å²) in [6.45, 7) is 1.19. The van der Waals surface area contributed by atoms with Crippen LogP contribution in [0.5, 0.6) is 5.75 Å². The summed E-state index contributed by atoms with van der Waals surface area (Å²) in [5, 5.41) is 13.3. The van der Waals surface area contributed by atoms with Crippen LogP contribution in [0.25, 0.3) is 21.9 Å². The molecule has 7 rings (SSSR count). The molecule has 0 aliphatic carbocycles. The van der Waals surface area contributed by atoms with Gasteiger partial charge in [0.2, 0.25) is 11.8 Å². The Morgan fingerprint density at radius 2 is 1.68 bits per heavy atom. The lowest BCUT2D eigenvalue weighted by molar-refractivity contribution is -0.275. The molecule has 0 spiro atoms. The number of pyridine rings is 3. The average Bonchev–Trinajstić information content (AvgIpc) is 3.17. The van der Waals surface area contributed by atoms with Gasteiger partial charge in [-0.1, -0.05) is 12.1 Å². The lowest BCUT2D eigenvalue weighted by atomic mass is 9.96. The number of imide groups is 1. The number of amides is 2. The maximum atomic E-state index is 15.8. The summed E-state index contributed by atoms with van der Waals surface area (Å²) in [7, 11) is 1.53. The number of benzene rings is 1. The van der Waals surface area contributed by atoms with Crippen LogP contribution in [0.1, 0.15) is 24.8 Å². The molecule has 2 unspecified atom stereocenters. The van der Waals surface area contributed by atoms with Gasteiger partial charge in [-0.05, 0) is 48.1 Å². The second-order valence-corrected chi connectivity index (χ2v) is 14.4. The lowest BCUT2D eigenvalue weighted by Gasteiger charge is -2.46. The van der Waals surface area contributed by atoms with Gasteiger partial charge in [0, 0.05) is 82.5 Å². The number of carbonyl (C=O) groups is 3. The van der Waals surface area contributed by atoms with E-state index in [0.717, 1.165) is 5.69 Å². The maximum Gasteiger partial charge on any atom is 0.573 e. The second kappa shape index (κ2) is 17.4. The van der Waals surface area contributed by atoms with Gasteiger partial charge >= 0.3 is 18.5 Å². The molecule has 3 aliphatic heterocycles. The number of carboxylic acids is 1. The Morgan fingerprint density at radius 1 is 0.967 bits per heavy atom. The predicted octanol–water partition coefficient (Wildman–Crippen LogP) is 4.78. The Morgan fingerprint density at radius 3 is 2.30 bits per heavy atom. The highest BCUT2D eigenvalue weighted by atomic mass is 19.4. The Bertz CT molecular complexity index is 2280. The minimum Gasteiger partial charge on any atom is -0.475 e. The predicted molar refractivity (Wildman–Crippen MR) is 199 cm³/mol. The number of aromatic nitrogens is 3. The van der Waals surface area contributed by atoms with Crippen LogP contribution in [0, 0.1) is 0 Å². The molecule has 3 aromatic heterocycles. The average molecular weight is 855 g/mol. The number of piperazine rings is 1. The maximum absolute atomic E-state index is 15.8. The van der Waals surface area contributed by atoms with Crippen molar-refractivity contribution in [1.82, 2.24) is 29.7 Å². The molecule has 3 aliphatic rings. The molecule has 0 saturated carbocycles. The number of alkyl halides is 8. The number of hydrogen-bond donors (Lipinski definition) is 3. The van der Waals surface area contributed by atoms with Gasteiger partial charge < -0.3 is 24.6 Å².